The molecule has 1 aliphatic rings. The first-order valence-electron chi connectivity index (χ1n) is 6.99. The van der Waals surface area contributed by atoms with Gasteiger partial charge in [0.2, 0.25) is 0 Å². The molecule has 3 rings (SSSR count). The van der Waals surface area contributed by atoms with Crippen LogP contribution in [0.2, 0.25) is 5.02 Å². The van der Waals surface area contributed by atoms with Crippen molar-refractivity contribution >= 4 is 11.6 Å². The van der Waals surface area contributed by atoms with E-state index in [2.05, 4.69) is 29.6 Å². The average Bonchev–Trinajstić information content (AvgIpc) is 2.48. The molecule has 104 valence electrons. The van der Waals surface area contributed by atoms with Gasteiger partial charge in [-0.15, -0.1) is 0 Å². The van der Waals surface area contributed by atoms with Crippen LogP contribution in [0.15, 0.2) is 42.5 Å². The number of fused-ring (bicyclic) bond motifs is 1. The Hall–Kier alpha value is -1.38. The molecule has 0 radical (unpaired) electrons. The number of hydrogen-bond acceptors (Lipinski definition) is 1. The van der Waals surface area contributed by atoms with Crippen LogP contribution in [0, 0.1) is 5.82 Å². The maximum Gasteiger partial charge on any atom is 0.123 e. The Morgan fingerprint density at radius 2 is 2.05 bits per heavy atom. The zero-order valence-electron chi connectivity index (χ0n) is 11.2. The molecule has 0 saturated heterocycles. The van der Waals surface area contributed by atoms with E-state index in [1.165, 1.54) is 29.7 Å². The van der Waals surface area contributed by atoms with Crippen molar-refractivity contribution in [3.8, 4) is 0 Å². The number of aryl methyl sites for hydroxylation is 1. The first-order valence-corrected chi connectivity index (χ1v) is 7.37. The van der Waals surface area contributed by atoms with E-state index in [0.717, 1.165) is 18.4 Å². The van der Waals surface area contributed by atoms with Gasteiger partial charge in [-0.1, -0.05) is 35.9 Å². The SMILES string of the molecule is Fc1ccc(Cl)c(CNC2CCCc3ccccc32)c1. The summed E-state index contributed by atoms with van der Waals surface area (Å²) in [4.78, 5) is 0. The van der Waals surface area contributed by atoms with Gasteiger partial charge in [0.25, 0.3) is 0 Å². The van der Waals surface area contributed by atoms with Crippen LogP contribution in [-0.4, -0.2) is 0 Å². The normalized spacial score (nSPS) is 17.8. The Kier molecular flexibility index (Phi) is 4.04. The maximum atomic E-state index is 13.3. The lowest BCUT2D eigenvalue weighted by atomic mass is 9.87. The number of nitrogens with one attached hydrogen (secondary N) is 1. The van der Waals surface area contributed by atoms with E-state index in [-0.39, 0.29) is 5.82 Å². The fourth-order valence-electron chi connectivity index (χ4n) is 2.88. The van der Waals surface area contributed by atoms with E-state index in [0.29, 0.717) is 17.6 Å². The summed E-state index contributed by atoms with van der Waals surface area (Å²) in [6.07, 6.45) is 3.45. The summed E-state index contributed by atoms with van der Waals surface area (Å²) in [7, 11) is 0. The second kappa shape index (κ2) is 5.94. The minimum Gasteiger partial charge on any atom is -0.306 e. The molecule has 1 nitrogen and oxygen atoms in total. The second-order valence-electron chi connectivity index (χ2n) is 5.26. The van der Waals surface area contributed by atoms with Crippen LogP contribution in [0.4, 0.5) is 4.39 Å². The van der Waals surface area contributed by atoms with E-state index in [9.17, 15) is 4.39 Å². The minimum absolute atomic E-state index is 0.241. The molecule has 0 spiro atoms. The predicted octanol–water partition coefficient (Wildman–Crippen LogP) is 4.65. The zero-order valence-corrected chi connectivity index (χ0v) is 12.0. The molecule has 1 atom stereocenters. The van der Waals surface area contributed by atoms with Crippen LogP contribution >= 0.6 is 11.6 Å². The van der Waals surface area contributed by atoms with Crippen LogP contribution in [0.5, 0.6) is 0 Å². The topological polar surface area (TPSA) is 12.0 Å². The van der Waals surface area contributed by atoms with Crippen molar-refractivity contribution in [2.24, 2.45) is 0 Å². The van der Waals surface area contributed by atoms with Crippen molar-refractivity contribution in [2.45, 2.75) is 31.8 Å². The molecule has 20 heavy (non-hydrogen) atoms. The number of hydrogen-bond donors (Lipinski definition) is 1. The molecule has 0 aliphatic heterocycles. The van der Waals surface area contributed by atoms with E-state index in [1.807, 2.05) is 0 Å². The predicted molar refractivity (Wildman–Crippen MR) is 80.4 cm³/mol. The van der Waals surface area contributed by atoms with Gasteiger partial charge in [-0.25, -0.2) is 4.39 Å². The molecule has 1 aliphatic carbocycles. The highest BCUT2D eigenvalue weighted by atomic mass is 35.5. The Balaban J connectivity index is 1.75. The van der Waals surface area contributed by atoms with Gasteiger partial charge in [0, 0.05) is 17.6 Å². The molecule has 0 aromatic heterocycles. The Labute approximate surface area is 123 Å². The zero-order chi connectivity index (χ0) is 13.9. The molecule has 1 unspecified atom stereocenters. The summed E-state index contributed by atoms with van der Waals surface area (Å²) in [5.41, 5.74) is 3.60. The number of rotatable bonds is 3. The van der Waals surface area contributed by atoms with Crippen LogP contribution in [0.1, 0.15) is 35.6 Å². The lowest BCUT2D eigenvalue weighted by Crippen LogP contribution is -2.25. The van der Waals surface area contributed by atoms with Crippen LogP contribution < -0.4 is 5.32 Å². The van der Waals surface area contributed by atoms with Gasteiger partial charge < -0.3 is 5.32 Å². The summed E-state index contributed by atoms with van der Waals surface area (Å²) >= 11 is 6.11. The van der Waals surface area contributed by atoms with Gasteiger partial charge in [-0.3, -0.25) is 0 Å². The first kappa shape index (κ1) is 13.6. The Bertz CT molecular complexity index is 612. The van der Waals surface area contributed by atoms with Crippen molar-refractivity contribution in [1.82, 2.24) is 5.32 Å². The quantitative estimate of drug-likeness (QED) is 0.867. The van der Waals surface area contributed by atoms with Crippen LogP contribution in [-0.2, 0) is 13.0 Å². The van der Waals surface area contributed by atoms with Gasteiger partial charge in [-0.2, -0.15) is 0 Å². The summed E-state index contributed by atoms with van der Waals surface area (Å²) in [5.74, 6) is -0.241. The largest absolute Gasteiger partial charge is 0.306 e. The summed E-state index contributed by atoms with van der Waals surface area (Å²) in [6.45, 7) is 0.593. The fraction of sp³-hybridized carbons (Fsp3) is 0.294. The molecular weight excluding hydrogens is 273 g/mol. The molecule has 0 amide bonds. The highest BCUT2D eigenvalue weighted by molar-refractivity contribution is 6.31. The molecule has 0 heterocycles. The van der Waals surface area contributed by atoms with Crippen LogP contribution in [0.3, 0.4) is 0 Å². The smallest absolute Gasteiger partial charge is 0.123 e. The van der Waals surface area contributed by atoms with E-state index in [1.54, 1.807) is 6.07 Å². The van der Waals surface area contributed by atoms with Crippen molar-refractivity contribution in [2.75, 3.05) is 0 Å². The summed E-state index contributed by atoms with van der Waals surface area (Å²) in [5, 5.41) is 4.12. The van der Waals surface area contributed by atoms with Gasteiger partial charge in [-0.05, 0) is 54.2 Å². The summed E-state index contributed by atoms with van der Waals surface area (Å²) in [6, 6.07) is 13.4. The standard InChI is InChI=1S/C17H17ClFN/c18-16-9-8-14(19)10-13(16)11-20-17-7-3-5-12-4-1-2-6-15(12)17/h1-2,4,6,8-10,17,20H,3,5,7,11H2. The Morgan fingerprint density at radius 3 is 2.95 bits per heavy atom. The summed E-state index contributed by atoms with van der Waals surface area (Å²) < 4.78 is 13.3. The fourth-order valence-corrected chi connectivity index (χ4v) is 3.06. The molecule has 1 N–H and O–H groups in total. The molecule has 0 bridgehead atoms. The molecule has 2 aromatic rings. The van der Waals surface area contributed by atoms with Gasteiger partial charge in [0.05, 0.1) is 0 Å². The van der Waals surface area contributed by atoms with Gasteiger partial charge >= 0.3 is 0 Å². The van der Waals surface area contributed by atoms with Crippen LogP contribution in [0.25, 0.3) is 0 Å². The third kappa shape index (κ3) is 2.87. The third-order valence-electron chi connectivity index (χ3n) is 3.92. The molecule has 0 fully saturated rings. The molecule has 0 saturated carbocycles. The molecular formula is C17H17ClFN. The lowest BCUT2D eigenvalue weighted by molar-refractivity contribution is 0.458. The van der Waals surface area contributed by atoms with E-state index < -0.39 is 0 Å². The average molecular weight is 290 g/mol. The van der Waals surface area contributed by atoms with Crippen molar-refractivity contribution in [3.05, 3.63) is 70.0 Å². The van der Waals surface area contributed by atoms with Gasteiger partial charge in [0.1, 0.15) is 5.82 Å². The third-order valence-corrected chi connectivity index (χ3v) is 4.28. The highest BCUT2D eigenvalue weighted by Gasteiger charge is 2.19. The molecule has 2 aromatic carbocycles. The number of halogens is 2. The van der Waals surface area contributed by atoms with Gasteiger partial charge in [0.15, 0.2) is 0 Å². The van der Waals surface area contributed by atoms with E-state index in [4.69, 9.17) is 11.6 Å². The van der Waals surface area contributed by atoms with Crippen molar-refractivity contribution in [3.63, 3.8) is 0 Å². The minimum atomic E-state index is -0.241. The monoisotopic (exact) mass is 289 g/mol. The van der Waals surface area contributed by atoms with Crippen molar-refractivity contribution < 1.29 is 4.39 Å². The Morgan fingerprint density at radius 1 is 1.20 bits per heavy atom. The lowest BCUT2D eigenvalue weighted by Gasteiger charge is -2.26. The number of benzene rings is 2. The maximum absolute atomic E-state index is 13.3. The molecule has 3 heteroatoms. The van der Waals surface area contributed by atoms with Crippen molar-refractivity contribution in [1.29, 1.82) is 0 Å². The second-order valence-corrected chi connectivity index (χ2v) is 5.67. The first-order chi connectivity index (χ1) is 9.74. The van der Waals surface area contributed by atoms with E-state index >= 15 is 0 Å². The highest BCUT2D eigenvalue weighted by Crippen LogP contribution is 2.30.